The highest BCUT2D eigenvalue weighted by atomic mass is 32.1. The lowest BCUT2D eigenvalue weighted by Gasteiger charge is -2.20. The molecule has 0 fully saturated rings. The first kappa shape index (κ1) is 32.9. The molecule has 2 aromatic heterocycles. The van der Waals surface area contributed by atoms with Crippen molar-refractivity contribution in [2.45, 2.75) is 32.0 Å². The minimum absolute atomic E-state index is 0.112. The second-order valence-electron chi connectivity index (χ2n) is 9.12. The smallest absolute Gasteiger partial charge is 0.490 e. The number of carbonyl (C=O) groups is 2. The van der Waals surface area contributed by atoms with Crippen LogP contribution < -0.4 is 20.7 Å². The third kappa shape index (κ3) is 12.4. The van der Waals surface area contributed by atoms with Crippen LogP contribution in [0.4, 0.5) is 24.9 Å². The van der Waals surface area contributed by atoms with Crippen LogP contribution in [0, 0.1) is 6.92 Å². The molecular weight excluding hydrogens is 583 g/mol. The first-order valence-electron chi connectivity index (χ1n) is 13.3. The predicted octanol–water partition coefficient (Wildman–Crippen LogP) is 5.35. The van der Waals surface area contributed by atoms with Gasteiger partial charge < -0.3 is 25.8 Å². The molecule has 4 aromatic rings. The van der Waals surface area contributed by atoms with E-state index in [-0.39, 0.29) is 5.91 Å². The first-order chi connectivity index (χ1) is 20.6. The van der Waals surface area contributed by atoms with Crippen LogP contribution in [-0.4, -0.2) is 58.9 Å². The summed E-state index contributed by atoms with van der Waals surface area (Å²) in [4.78, 5) is 32.5. The fourth-order valence-electron chi connectivity index (χ4n) is 3.69. The van der Waals surface area contributed by atoms with Crippen molar-refractivity contribution in [3.8, 4) is 5.75 Å². The first-order valence-corrected chi connectivity index (χ1v) is 14.2. The average Bonchev–Trinajstić information content (AvgIpc) is 3.49. The molecule has 4 rings (SSSR count). The number of nitrogens with zero attached hydrogens (tertiary/aromatic N) is 2. The minimum atomic E-state index is -5.08. The number of aromatic nitrogens is 2. The molecule has 2 aromatic carbocycles. The lowest BCUT2D eigenvalue weighted by molar-refractivity contribution is -0.192. The average molecular weight is 616 g/mol. The number of ether oxygens (including phenoxy) is 1. The van der Waals surface area contributed by atoms with Crippen LogP contribution >= 0.6 is 11.3 Å². The number of aliphatic carboxylic acids is 1. The van der Waals surface area contributed by atoms with Crippen LogP contribution in [0.3, 0.4) is 0 Å². The van der Waals surface area contributed by atoms with E-state index in [1.165, 1.54) is 4.88 Å². The highest BCUT2D eigenvalue weighted by Crippen LogP contribution is 2.15. The van der Waals surface area contributed by atoms with Crippen LogP contribution in [0.25, 0.3) is 0 Å². The summed E-state index contributed by atoms with van der Waals surface area (Å²) in [6.07, 6.45) is -3.65. The van der Waals surface area contributed by atoms with Gasteiger partial charge in [0.15, 0.2) is 0 Å². The minimum Gasteiger partial charge on any atom is -0.492 e. The number of carboxylic acid groups (broad SMARTS) is 1. The summed E-state index contributed by atoms with van der Waals surface area (Å²) in [6, 6.07) is 25.0. The van der Waals surface area contributed by atoms with Crippen LogP contribution in [0.1, 0.15) is 16.1 Å². The number of rotatable bonds is 13. The Labute approximate surface area is 251 Å². The largest absolute Gasteiger partial charge is 0.492 e. The second kappa shape index (κ2) is 16.7. The van der Waals surface area contributed by atoms with Gasteiger partial charge in [-0.15, -0.1) is 11.3 Å². The van der Waals surface area contributed by atoms with E-state index >= 15 is 0 Å². The number of hydrogen-bond donors (Lipinski definition) is 4. The van der Waals surface area contributed by atoms with E-state index < -0.39 is 18.2 Å². The van der Waals surface area contributed by atoms with E-state index in [9.17, 15) is 18.0 Å². The Kier molecular flexibility index (Phi) is 12.8. The van der Waals surface area contributed by atoms with Crippen molar-refractivity contribution in [3.05, 3.63) is 100 Å². The highest BCUT2D eigenvalue weighted by molar-refractivity contribution is 7.09. The number of amides is 1. The molecule has 0 saturated heterocycles. The number of aryl methyl sites for hydroxylation is 1. The van der Waals surface area contributed by atoms with Crippen molar-refractivity contribution in [2.24, 2.45) is 0 Å². The molecule has 0 aliphatic rings. The molecule has 0 unspecified atom stereocenters. The molecule has 0 aliphatic carbocycles. The standard InChI is InChI=1S/C28H31N5O2S.C2HF3O2/c1-21-19-26(33-28(31-21)30-15-14-24-13-8-18-36-24)32-25(20-22-9-4-2-5-10-22)27(34)29-16-17-35-23-11-6-3-7-12-23;3-2(4,5)1(6)7/h2-13,18-19,25H,14-17,20H2,1H3,(H,29,34)(H2,30,31,32,33);(H,6,7)/t25-;/m0./s1. The fourth-order valence-corrected chi connectivity index (χ4v) is 4.40. The normalized spacial score (nSPS) is 11.4. The number of anilines is 2. The number of carbonyl (C=O) groups excluding carboxylic acids is 1. The lowest BCUT2D eigenvalue weighted by Crippen LogP contribution is -2.42. The number of thiophene rings is 1. The van der Waals surface area contributed by atoms with Gasteiger partial charge in [-0.05, 0) is 42.5 Å². The molecular formula is C30H32F3N5O4S. The third-order valence-corrected chi connectivity index (χ3v) is 6.60. The molecule has 228 valence electrons. The van der Waals surface area contributed by atoms with Crippen molar-refractivity contribution in [3.63, 3.8) is 0 Å². The van der Waals surface area contributed by atoms with Gasteiger partial charge in [0.1, 0.15) is 24.2 Å². The highest BCUT2D eigenvalue weighted by Gasteiger charge is 2.38. The van der Waals surface area contributed by atoms with Gasteiger partial charge in [0, 0.05) is 29.6 Å². The number of benzene rings is 2. The summed E-state index contributed by atoms with van der Waals surface area (Å²) >= 11 is 1.74. The zero-order valence-corrected chi connectivity index (χ0v) is 24.1. The lowest BCUT2D eigenvalue weighted by atomic mass is 10.1. The van der Waals surface area contributed by atoms with Gasteiger partial charge in [0.25, 0.3) is 0 Å². The zero-order valence-electron chi connectivity index (χ0n) is 23.3. The monoisotopic (exact) mass is 615 g/mol. The molecule has 4 N–H and O–H groups in total. The summed E-state index contributed by atoms with van der Waals surface area (Å²) in [5.74, 6) is -0.935. The maximum Gasteiger partial charge on any atom is 0.490 e. The topological polar surface area (TPSA) is 125 Å². The van der Waals surface area contributed by atoms with E-state index in [1.54, 1.807) is 11.3 Å². The van der Waals surface area contributed by atoms with E-state index in [1.807, 2.05) is 73.7 Å². The summed E-state index contributed by atoms with van der Waals surface area (Å²) in [7, 11) is 0. The van der Waals surface area contributed by atoms with Crippen LogP contribution in [-0.2, 0) is 22.4 Å². The molecule has 0 spiro atoms. The summed E-state index contributed by atoms with van der Waals surface area (Å²) < 4.78 is 37.4. The predicted molar refractivity (Wildman–Crippen MR) is 159 cm³/mol. The molecule has 2 heterocycles. The van der Waals surface area contributed by atoms with Gasteiger partial charge in [-0.25, -0.2) is 9.78 Å². The van der Waals surface area contributed by atoms with Crippen molar-refractivity contribution in [1.82, 2.24) is 15.3 Å². The van der Waals surface area contributed by atoms with Crippen molar-refractivity contribution in [1.29, 1.82) is 0 Å². The molecule has 43 heavy (non-hydrogen) atoms. The number of alkyl halides is 3. The number of hydrogen-bond acceptors (Lipinski definition) is 8. The van der Waals surface area contributed by atoms with Crippen molar-refractivity contribution < 1.29 is 32.6 Å². The maximum atomic E-state index is 13.1. The van der Waals surface area contributed by atoms with E-state index in [0.717, 1.165) is 30.0 Å². The quantitative estimate of drug-likeness (QED) is 0.148. The van der Waals surface area contributed by atoms with Gasteiger partial charge in [-0.2, -0.15) is 18.2 Å². The van der Waals surface area contributed by atoms with Gasteiger partial charge in [0.05, 0.1) is 6.54 Å². The van der Waals surface area contributed by atoms with Gasteiger partial charge in [-0.3, -0.25) is 4.79 Å². The van der Waals surface area contributed by atoms with Crippen molar-refractivity contribution >= 4 is 35.0 Å². The number of para-hydroxylation sites is 1. The SMILES string of the molecule is Cc1cc(N[C@@H](Cc2ccccc2)C(=O)NCCOc2ccccc2)nc(NCCc2cccs2)n1.O=C(O)C(F)(F)F. The van der Waals surface area contributed by atoms with E-state index in [2.05, 4.69) is 43.4 Å². The van der Waals surface area contributed by atoms with Crippen LogP contribution in [0.5, 0.6) is 5.75 Å². The summed E-state index contributed by atoms with van der Waals surface area (Å²) in [5, 5.41) is 18.8. The molecule has 13 heteroatoms. The van der Waals surface area contributed by atoms with Crippen LogP contribution in [0.2, 0.25) is 0 Å². The Hall–Kier alpha value is -4.65. The van der Waals surface area contributed by atoms with Gasteiger partial charge >= 0.3 is 12.1 Å². The molecule has 0 radical (unpaired) electrons. The second-order valence-corrected chi connectivity index (χ2v) is 10.1. The summed E-state index contributed by atoms with van der Waals surface area (Å²) in [5.41, 5.74) is 1.88. The zero-order chi connectivity index (χ0) is 31.1. The van der Waals surface area contributed by atoms with E-state index in [4.69, 9.17) is 14.6 Å². The molecule has 1 amide bonds. The Morgan fingerprint density at radius 3 is 2.28 bits per heavy atom. The molecule has 0 aliphatic heterocycles. The molecule has 1 atom stereocenters. The Morgan fingerprint density at radius 2 is 1.65 bits per heavy atom. The van der Waals surface area contributed by atoms with E-state index in [0.29, 0.717) is 31.3 Å². The third-order valence-electron chi connectivity index (χ3n) is 5.67. The molecule has 9 nitrogen and oxygen atoms in total. The molecule has 0 saturated carbocycles. The number of halogens is 3. The van der Waals surface area contributed by atoms with Crippen LogP contribution in [0.15, 0.2) is 84.2 Å². The number of carboxylic acids is 1. The van der Waals surface area contributed by atoms with Gasteiger partial charge in [-0.1, -0.05) is 54.6 Å². The van der Waals surface area contributed by atoms with Crippen molar-refractivity contribution in [2.75, 3.05) is 30.3 Å². The fraction of sp³-hybridized carbons (Fsp3) is 0.267. The Morgan fingerprint density at radius 1 is 0.977 bits per heavy atom. The Balaban J connectivity index is 0.000000646. The number of nitrogens with one attached hydrogen (secondary N) is 3. The maximum absolute atomic E-state index is 13.1. The Bertz CT molecular complexity index is 1410. The molecule has 0 bridgehead atoms. The summed E-state index contributed by atoms with van der Waals surface area (Å²) in [6.45, 7) is 3.45. The van der Waals surface area contributed by atoms with Gasteiger partial charge in [0.2, 0.25) is 11.9 Å².